The van der Waals surface area contributed by atoms with Crippen LogP contribution in [0, 0.1) is 12.7 Å². The highest BCUT2D eigenvalue weighted by atomic mass is 35.5. The van der Waals surface area contributed by atoms with Gasteiger partial charge in [0.1, 0.15) is 16.5 Å². The number of sulfonamides is 1. The minimum Gasteiger partial charge on any atom is -0.493 e. The Balaban J connectivity index is 1.56. The van der Waals surface area contributed by atoms with Gasteiger partial charge in [0, 0.05) is 30.2 Å². The maximum Gasteiger partial charge on any atom is 0.246 e. The molecule has 0 atom stereocenters. The van der Waals surface area contributed by atoms with Gasteiger partial charge in [-0.05, 0) is 55.3 Å². The van der Waals surface area contributed by atoms with Crippen molar-refractivity contribution >= 4 is 33.2 Å². The van der Waals surface area contributed by atoms with Crippen LogP contribution in [0.25, 0.3) is 0 Å². The Bertz CT molecular complexity index is 1040. The van der Waals surface area contributed by atoms with Crippen LogP contribution >= 0.6 is 11.6 Å². The maximum absolute atomic E-state index is 14.3. The summed E-state index contributed by atoms with van der Waals surface area (Å²) in [5.74, 6) is -0.490. The number of nitrogens with zero attached hydrogens (tertiary/aromatic N) is 1. The quantitative estimate of drug-likeness (QED) is 0.596. The van der Waals surface area contributed by atoms with Crippen molar-refractivity contribution in [3.05, 3.63) is 52.8 Å². The number of carbonyl (C=O) groups is 1. The van der Waals surface area contributed by atoms with E-state index in [2.05, 4.69) is 5.32 Å². The van der Waals surface area contributed by atoms with E-state index in [9.17, 15) is 17.6 Å². The summed E-state index contributed by atoms with van der Waals surface area (Å²) in [5, 5.41) is 3.24. The van der Waals surface area contributed by atoms with Gasteiger partial charge in [0.2, 0.25) is 15.9 Å². The fourth-order valence-electron chi connectivity index (χ4n) is 3.12. The molecule has 0 unspecified atom stereocenters. The first-order valence-corrected chi connectivity index (χ1v) is 11.7. The molecule has 0 aromatic heterocycles. The zero-order chi connectivity index (χ0) is 22.4. The number of carbonyl (C=O) groups excluding carboxylic acids is 1. The molecular formula is C21H24ClFN2O5S. The van der Waals surface area contributed by atoms with Crippen molar-refractivity contribution < 1.29 is 27.1 Å². The summed E-state index contributed by atoms with van der Waals surface area (Å²) in [6.07, 6.45) is 0.615. The summed E-state index contributed by atoms with van der Waals surface area (Å²) in [6.45, 7) is 3.04. The van der Waals surface area contributed by atoms with E-state index in [1.165, 1.54) is 10.4 Å². The molecule has 3 rings (SSSR count). The molecule has 1 fully saturated rings. The minimum atomic E-state index is -4.01. The number of halogens is 2. The number of amides is 1. The Labute approximate surface area is 186 Å². The van der Waals surface area contributed by atoms with E-state index in [1.54, 1.807) is 18.2 Å². The van der Waals surface area contributed by atoms with Crippen LogP contribution in [0.15, 0.2) is 41.3 Å². The van der Waals surface area contributed by atoms with Crippen molar-refractivity contribution in [2.45, 2.75) is 24.7 Å². The second-order valence-corrected chi connectivity index (χ2v) is 9.41. The van der Waals surface area contributed by atoms with E-state index in [-0.39, 0.29) is 44.3 Å². The van der Waals surface area contributed by atoms with Gasteiger partial charge in [-0.1, -0.05) is 11.6 Å². The van der Waals surface area contributed by atoms with Gasteiger partial charge in [0.05, 0.1) is 19.8 Å². The molecule has 1 saturated heterocycles. The molecule has 1 aliphatic heterocycles. The fourth-order valence-corrected chi connectivity index (χ4v) is 4.84. The molecule has 0 aliphatic carbocycles. The molecule has 1 amide bonds. The average molecular weight is 471 g/mol. The Morgan fingerprint density at radius 3 is 2.68 bits per heavy atom. The third-order valence-corrected chi connectivity index (χ3v) is 6.89. The van der Waals surface area contributed by atoms with Crippen molar-refractivity contribution in [1.29, 1.82) is 0 Å². The van der Waals surface area contributed by atoms with Crippen LogP contribution in [0.4, 0.5) is 10.1 Å². The Morgan fingerprint density at radius 2 is 1.97 bits per heavy atom. The molecule has 1 aliphatic rings. The third kappa shape index (κ3) is 6.16. The lowest BCUT2D eigenvalue weighted by atomic mass is 10.2. The standard InChI is InChI=1S/C21H24ClFN2O5S/c1-15-13-16(22)4-7-19(15)30-10-2-3-21(26)24-17-5-6-18(23)20(14-17)31(27,28)25-8-11-29-12-9-25/h4-7,13-14H,2-3,8-12H2,1H3,(H,24,26). The lowest BCUT2D eigenvalue weighted by Crippen LogP contribution is -2.40. The Hall–Kier alpha value is -2.20. The highest BCUT2D eigenvalue weighted by molar-refractivity contribution is 7.89. The SMILES string of the molecule is Cc1cc(Cl)ccc1OCCCC(=O)Nc1ccc(F)c(S(=O)(=O)N2CCOCC2)c1. The zero-order valence-electron chi connectivity index (χ0n) is 17.1. The van der Waals surface area contributed by atoms with Crippen LogP contribution in [0.1, 0.15) is 18.4 Å². The number of hydrogen-bond acceptors (Lipinski definition) is 5. The molecule has 0 spiro atoms. The predicted octanol–water partition coefficient (Wildman–Crippen LogP) is 3.61. The van der Waals surface area contributed by atoms with Crippen molar-refractivity contribution in [3.63, 3.8) is 0 Å². The van der Waals surface area contributed by atoms with Gasteiger partial charge in [0.15, 0.2) is 0 Å². The molecule has 31 heavy (non-hydrogen) atoms. The number of aryl methyl sites for hydroxylation is 1. The monoisotopic (exact) mass is 470 g/mol. The molecule has 0 radical (unpaired) electrons. The number of hydrogen-bond donors (Lipinski definition) is 1. The smallest absolute Gasteiger partial charge is 0.246 e. The second kappa shape index (κ2) is 10.4. The molecule has 1 heterocycles. The summed E-state index contributed by atoms with van der Waals surface area (Å²) in [4.78, 5) is 11.8. The molecule has 2 aromatic rings. The van der Waals surface area contributed by atoms with Gasteiger partial charge in [-0.2, -0.15) is 4.31 Å². The van der Waals surface area contributed by atoms with E-state index in [0.29, 0.717) is 23.8 Å². The normalized spacial score (nSPS) is 14.9. The van der Waals surface area contributed by atoms with Crippen molar-refractivity contribution in [3.8, 4) is 5.75 Å². The van der Waals surface area contributed by atoms with Crippen molar-refractivity contribution in [2.75, 3.05) is 38.2 Å². The van der Waals surface area contributed by atoms with Gasteiger partial charge in [-0.3, -0.25) is 4.79 Å². The zero-order valence-corrected chi connectivity index (χ0v) is 18.6. The van der Waals surface area contributed by atoms with Crippen molar-refractivity contribution in [1.82, 2.24) is 4.31 Å². The average Bonchev–Trinajstić information content (AvgIpc) is 2.74. The number of morpholine rings is 1. The second-order valence-electron chi connectivity index (χ2n) is 7.07. The van der Waals surface area contributed by atoms with Crippen molar-refractivity contribution in [2.24, 2.45) is 0 Å². The van der Waals surface area contributed by atoms with Crippen LogP contribution in [-0.4, -0.2) is 51.5 Å². The van der Waals surface area contributed by atoms with E-state index in [0.717, 1.165) is 17.7 Å². The summed E-state index contributed by atoms with van der Waals surface area (Å²) in [5.41, 5.74) is 1.12. The fraction of sp³-hybridized carbons (Fsp3) is 0.381. The largest absolute Gasteiger partial charge is 0.493 e. The van der Waals surface area contributed by atoms with Crippen LogP contribution < -0.4 is 10.1 Å². The minimum absolute atomic E-state index is 0.158. The van der Waals surface area contributed by atoms with Gasteiger partial charge < -0.3 is 14.8 Å². The summed E-state index contributed by atoms with van der Waals surface area (Å²) in [6, 6.07) is 8.81. The van der Waals surface area contributed by atoms with Gasteiger partial charge in [0.25, 0.3) is 0 Å². The Kier molecular flexibility index (Phi) is 7.88. The lowest BCUT2D eigenvalue weighted by molar-refractivity contribution is -0.116. The maximum atomic E-state index is 14.3. The number of benzene rings is 2. The molecule has 2 aromatic carbocycles. The first-order chi connectivity index (χ1) is 14.8. The van der Waals surface area contributed by atoms with Crippen LogP contribution in [0.3, 0.4) is 0 Å². The highest BCUT2D eigenvalue weighted by Gasteiger charge is 2.29. The molecule has 0 saturated carbocycles. The summed E-state index contributed by atoms with van der Waals surface area (Å²) in [7, 11) is -4.01. The van der Waals surface area contributed by atoms with Crippen LogP contribution in [0.5, 0.6) is 5.75 Å². The topological polar surface area (TPSA) is 84.9 Å². The Morgan fingerprint density at radius 1 is 1.23 bits per heavy atom. The number of nitrogens with one attached hydrogen (secondary N) is 1. The van der Waals surface area contributed by atoms with Gasteiger partial charge >= 0.3 is 0 Å². The van der Waals surface area contributed by atoms with E-state index in [1.807, 2.05) is 6.92 Å². The first-order valence-electron chi connectivity index (χ1n) is 9.83. The number of rotatable bonds is 8. The highest BCUT2D eigenvalue weighted by Crippen LogP contribution is 2.24. The van der Waals surface area contributed by atoms with E-state index >= 15 is 0 Å². The first kappa shape index (κ1) is 23.5. The van der Waals surface area contributed by atoms with Crippen LogP contribution in [0.2, 0.25) is 5.02 Å². The summed E-state index contributed by atoms with van der Waals surface area (Å²) < 4.78 is 51.7. The van der Waals surface area contributed by atoms with Gasteiger partial charge in [-0.25, -0.2) is 12.8 Å². The number of ether oxygens (including phenoxy) is 2. The van der Waals surface area contributed by atoms with Gasteiger partial charge in [-0.15, -0.1) is 0 Å². The molecular weight excluding hydrogens is 447 g/mol. The van der Waals surface area contributed by atoms with Crippen LogP contribution in [-0.2, 0) is 19.6 Å². The van der Waals surface area contributed by atoms with E-state index < -0.39 is 20.7 Å². The molecule has 7 nitrogen and oxygen atoms in total. The lowest BCUT2D eigenvalue weighted by Gasteiger charge is -2.26. The molecule has 1 N–H and O–H groups in total. The summed E-state index contributed by atoms with van der Waals surface area (Å²) >= 11 is 5.91. The molecule has 0 bridgehead atoms. The third-order valence-electron chi connectivity index (χ3n) is 4.75. The number of anilines is 1. The molecule has 168 valence electrons. The van der Waals surface area contributed by atoms with E-state index in [4.69, 9.17) is 21.1 Å². The predicted molar refractivity (Wildman–Crippen MR) is 116 cm³/mol. The molecule has 10 heteroatoms.